The smallest absolute Gasteiger partial charge is 0.261 e. The molecule has 3 aromatic rings. The number of hydrogen-bond donors (Lipinski definition) is 2. The quantitative estimate of drug-likeness (QED) is 0.622. The van der Waals surface area contributed by atoms with E-state index < -0.39 is 10.0 Å². The van der Waals surface area contributed by atoms with E-state index >= 15 is 0 Å². The first-order chi connectivity index (χ1) is 13.3. The fourth-order valence-electron chi connectivity index (χ4n) is 2.68. The minimum atomic E-state index is -3.68. The molecule has 0 unspecified atom stereocenters. The Bertz CT molecular complexity index is 1070. The van der Waals surface area contributed by atoms with E-state index in [1.165, 1.54) is 12.3 Å². The predicted molar refractivity (Wildman–Crippen MR) is 110 cm³/mol. The van der Waals surface area contributed by atoms with E-state index in [0.29, 0.717) is 30.0 Å². The first-order valence-electron chi connectivity index (χ1n) is 8.88. The first-order valence-corrected chi connectivity index (χ1v) is 10.4. The van der Waals surface area contributed by atoms with Gasteiger partial charge >= 0.3 is 0 Å². The van der Waals surface area contributed by atoms with Crippen LogP contribution in [0.4, 0.5) is 15.9 Å². The standard InChI is InChI=1S/C21H22FN3O2S/c1-15-7-9-19(13-16(15)2)28(26,27)25-18-8-10-21(24-14-18)23-12-11-17-5-3-4-6-20(17)22/h3-10,13-14,25H,11-12H2,1-2H3,(H,23,24). The number of pyridine rings is 1. The molecule has 5 nitrogen and oxygen atoms in total. The Morgan fingerprint density at radius 3 is 2.46 bits per heavy atom. The number of aromatic nitrogens is 1. The van der Waals surface area contributed by atoms with Crippen molar-refractivity contribution < 1.29 is 12.8 Å². The summed E-state index contributed by atoms with van der Waals surface area (Å²) >= 11 is 0. The van der Waals surface area contributed by atoms with Gasteiger partial charge in [0.2, 0.25) is 0 Å². The SMILES string of the molecule is Cc1ccc(S(=O)(=O)Nc2ccc(NCCc3ccccc3F)nc2)cc1C. The van der Waals surface area contributed by atoms with E-state index in [1.807, 2.05) is 13.8 Å². The summed E-state index contributed by atoms with van der Waals surface area (Å²) in [5.74, 6) is 0.360. The highest BCUT2D eigenvalue weighted by molar-refractivity contribution is 7.92. The maximum Gasteiger partial charge on any atom is 0.261 e. The molecule has 0 saturated carbocycles. The van der Waals surface area contributed by atoms with Crippen molar-refractivity contribution in [1.29, 1.82) is 0 Å². The second-order valence-electron chi connectivity index (χ2n) is 6.55. The van der Waals surface area contributed by atoms with Gasteiger partial charge in [-0.25, -0.2) is 17.8 Å². The summed E-state index contributed by atoms with van der Waals surface area (Å²) < 4.78 is 41.2. The maximum atomic E-state index is 13.6. The lowest BCUT2D eigenvalue weighted by molar-refractivity contribution is 0.601. The van der Waals surface area contributed by atoms with E-state index in [2.05, 4.69) is 15.0 Å². The van der Waals surface area contributed by atoms with Gasteiger partial charge in [-0.1, -0.05) is 24.3 Å². The molecule has 146 valence electrons. The summed E-state index contributed by atoms with van der Waals surface area (Å²) in [5, 5.41) is 3.10. The Labute approximate surface area is 164 Å². The Morgan fingerprint density at radius 1 is 1.00 bits per heavy atom. The molecule has 3 rings (SSSR count). The Hall–Kier alpha value is -2.93. The number of benzene rings is 2. The van der Waals surface area contributed by atoms with Gasteiger partial charge in [0, 0.05) is 6.54 Å². The molecule has 0 saturated heterocycles. The molecule has 0 radical (unpaired) electrons. The molecule has 28 heavy (non-hydrogen) atoms. The maximum absolute atomic E-state index is 13.6. The molecule has 2 aromatic carbocycles. The Morgan fingerprint density at radius 2 is 1.79 bits per heavy atom. The van der Waals surface area contributed by atoms with Crippen LogP contribution in [-0.2, 0) is 16.4 Å². The molecule has 0 aliphatic heterocycles. The van der Waals surface area contributed by atoms with E-state index in [9.17, 15) is 12.8 Å². The summed E-state index contributed by atoms with van der Waals surface area (Å²) in [6.07, 6.45) is 1.97. The third-order valence-corrected chi connectivity index (χ3v) is 5.84. The second-order valence-corrected chi connectivity index (χ2v) is 8.23. The lowest BCUT2D eigenvalue weighted by Gasteiger charge is -2.11. The van der Waals surface area contributed by atoms with Gasteiger partial charge in [-0.15, -0.1) is 0 Å². The summed E-state index contributed by atoms with van der Waals surface area (Å²) in [4.78, 5) is 4.42. The molecule has 1 aromatic heterocycles. The number of aryl methyl sites for hydroxylation is 2. The second kappa shape index (κ2) is 8.39. The van der Waals surface area contributed by atoms with E-state index in [1.54, 1.807) is 48.5 Å². The van der Waals surface area contributed by atoms with Gasteiger partial charge in [-0.05, 0) is 67.3 Å². The van der Waals surface area contributed by atoms with Crippen LogP contribution < -0.4 is 10.0 Å². The van der Waals surface area contributed by atoms with E-state index in [-0.39, 0.29) is 10.7 Å². The van der Waals surface area contributed by atoms with Crippen LogP contribution in [0.1, 0.15) is 16.7 Å². The highest BCUT2D eigenvalue weighted by Crippen LogP contribution is 2.19. The number of sulfonamides is 1. The molecular weight excluding hydrogens is 377 g/mol. The van der Waals surface area contributed by atoms with Crippen LogP contribution in [-0.4, -0.2) is 19.9 Å². The van der Waals surface area contributed by atoms with Crippen molar-refractivity contribution in [3.05, 3.63) is 83.3 Å². The highest BCUT2D eigenvalue weighted by Gasteiger charge is 2.15. The summed E-state index contributed by atoms with van der Waals surface area (Å²) in [7, 11) is -3.68. The number of hydrogen-bond acceptors (Lipinski definition) is 4. The Balaban J connectivity index is 1.61. The first kappa shape index (κ1) is 19.8. The van der Waals surface area contributed by atoms with Crippen LogP contribution in [0.5, 0.6) is 0 Å². The van der Waals surface area contributed by atoms with Crippen LogP contribution in [0.15, 0.2) is 65.7 Å². The van der Waals surface area contributed by atoms with Crippen molar-refractivity contribution in [2.24, 2.45) is 0 Å². The molecule has 1 heterocycles. The van der Waals surface area contributed by atoms with Crippen LogP contribution in [0.2, 0.25) is 0 Å². The van der Waals surface area contributed by atoms with E-state index in [4.69, 9.17) is 0 Å². The van der Waals surface area contributed by atoms with Crippen LogP contribution in [0.25, 0.3) is 0 Å². The van der Waals surface area contributed by atoms with Crippen LogP contribution in [0, 0.1) is 19.7 Å². The molecule has 0 aliphatic carbocycles. The average molecular weight is 399 g/mol. The van der Waals surface area contributed by atoms with Gasteiger partial charge in [0.25, 0.3) is 10.0 Å². The van der Waals surface area contributed by atoms with Gasteiger partial charge in [-0.2, -0.15) is 0 Å². The number of halogens is 1. The lowest BCUT2D eigenvalue weighted by Crippen LogP contribution is -2.14. The van der Waals surface area contributed by atoms with Gasteiger partial charge in [0.15, 0.2) is 0 Å². The number of anilines is 2. The van der Waals surface area contributed by atoms with Crippen LogP contribution in [0.3, 0.4) is 0 Å². The number of nitrogens with zero attached hydrogens (tertiary/aromatic N) is 1. The zero-order valence-electron chi connectivity index (χ0n) is 15.7. The van der Waals surface area contributed by atoms with Crippen molar-refractivity contribution in [3.8, 4) is 0 Å². The minimum absolute atomic E-state index is 0.211. The third kappa shape index (κ3) is 4.86. The van der Waals surface area contributed by atoms with Gasteiger partial charge < -0.3 is 5.32 Å². The summed E-state index contributed by atoms with van der Waals surface area (Å²) in [6.45, 7) is 4.32. The molecular formula is C21H22FN3O2S. The molecule has 0 fully saturated rings. The fourth-order valence-corrected chi connectivity index (χ4v) is 3.81. The normalized spacial score (nSPS) is 11.2. The van der Waals surface area contributed by atoms with Crippen molar-refractivity contribution in [2.45, 2.75) is 25.2 Å². The zero-order chi connectivity index (χ0) is 20.1. The van der Waals surface area contributed by atoms with Gasteiger partial charge in [0.05, 0.1) is 16.8 Å². The van der Waals surface area contributed by atoms with Gasteiger partial charge in [-0.3, -0.25) is 4.72 Å². The van der Waals surface area contributed by atoms with Gasteiger partial charge in [0.1, 0.15) is 11.6 Å². The monoisotopic (exact) mass is 399 g/mol. The van der Waals surface area contributed by atoms with Crippen molar-refractivity contribution in [1.82, 2.24) is 4.98 Å². The average Bonchev–Trinajstić information content (AvgIpc) is 2.66. The molecule has 0 bridgehead atoms. The fraction of sp³-hybridized carbons (Fsp3) is 0.190. The van der Waals surface area contributed by atoms with Crippen molar-refractivity contribution in [3.63, 3.8) is 0 Å². The largest absolute Gasteiger partial charge is 0.370 e. The summed E-state index contributed by atoms with van der Waals surface area (Å²) in [5.41, 5.74) is 2.95. The van der Waals surface area contributed by atoms with Crippen molar-refractivity contribution >= 4 is 21.5 Å². The van der Waals surface area contributed by atoms with E-state index in [0.717, 1.165) is 11.1 Å². The molecule has 0 atom stereocenters. The minimum Gasteiger partial charge on any atom is -0.370 e. The molecule has 2 N–H and O–H groups in total. The third-order valence-electron chi connectivity index (χ3n) is 4.46. The van der Waals surface area contributed by atoms with Crippen molar-refractivity contribution in [2.75, 3.05) is 16.6 Å². The number of rotatable bonds is 7. The Kier molecular flexibility index (Phi) is 5.94. The topological polar surface area (TPSA) is 71.1 Å². The lowest BCUT2D eigenvalue weighted by atomic mass is 10.1. The zero-order valence-corrected chi connectivity index (χ0v) is 16.6. The summed E-state index contributed by atoms with van der Waals surface area (Å²) in [6, 6.07) is 15.0. The molecule has 0 aliphatic rings. The molecule has 0 spiro atoms. The molecule has 7 heteroatoms. The highest BCUT2D eigenvalue weighted by atomic mass is 32.2. The predicted octanol–water partition coefficient (Wildman–Crippen LogP) is 4.29. The number of nitrogens with one attached hydrogen (secondary N) is 2. The molecule has 0 amide bonds. The van der Waals surface area contributed by atoms with Crippen LogP contribution >= 0.6 is 0 Å².